The SMILES string of the molecule is Cc1nc(NCc2nnc(C)s2)cc(OCC2CC2)n1. The number of aryl methyl sites for hydroxylation is 2. The van der Waals surface area contributed by atoms with Gasteiger partial charge in [0.15, 0.2) is 0 Å². The first-order chi connectivity index (χ1) is 9.69. The lowest BCUT2D eigenvalue weighted by atomic mass is 10.4. The van der Waals surface area contributed by atoms with Crippen molar-refractivity contribution >= 4 is 17.2 Å². The normalized spacial score (nSPS) is 14.3. The molecule has 6 nitrogen and oxygen atoms in total. The number of ether oxygens (including phenoxy) is 1. The molecular formula is C13H17N5OS. The first kappa shape index (κ1) is 13.2. The van der Waals surface area contributed by atoms with Gasteiger partial charge in [-0.15, -0.1) is 10.2 Å². The van der Waals surface area contributed by atoms with Gasteiger partial charge in [-0.2, -0.15) is 4.98 Å². The zero-order valence-electron chi connectivity index (χ0n) is 11.6. The van der Waals surface area contributed by atoms with Crippen LogP contribution in [0.2, 0.25) is 0 Å². The minimum Gasteiger partial charge on any atom is -0.477 e. The van der Waals surface area contributed by atoms with Crippen LogP contribution in [0.15, 0.2) is 6.07 Å². The number of aromatic nitrogens is 4. The third kappa shape index (κ3) is 3.63. The van der Waals surface area contributed by atoms with Gasteiger partial charge in [0, 0.05) is 6.07 Å². The smallest absolute Gasteiger partial charge is 0.218 e. The molecule has 0 spiro atoms. The molecule has 1 aliphatic carbocycles. The molecule has 0 aromatic carbocycles. The number of hydrogen-bond donors (Lipinski definition) is 1. The molecule has 2 heterocycles. The summed E-state index contributed by atoms with van der Waals surface area (Å²) in [7, 11) is 0. The molecule has 1 N–H and O–H groups in total. The lowest BCUT2D eigenvalue weighted by Crippen LogP contribution is -2.06. The van der Waals surface area contributed by atoms with Crippen LogP contribution in [0.5, 0.6) is 5.88 Å². The summed E-state index contributed by atoms with van der Waals surface area (Å²) in [5.41, 5.74) is 0. The van der Waals surface area contributed by atoms with Crippen LogP contribution < -0.4 is 10.1 Å². The maximum atomic E-state index is 5.69. The van der Waals surface area contributed by atoms with Gasteiger partial charge in [-0.1, -0.05) is 11.3 Å². The minimum absolute atomic E-state index is 0.615. The first-order valence-corrected chi connectivity index (χ1v) is 7.52. The predicted molar refractivity (Wildman–Crippen MR) is 77.0 cm³/mol. The van der Waals surface area contributed by atoms with Crippen molar-refractivity contribution in [1.29, 1.82) is 0 Å². The van der Waals surface area contributed by atoms with Crippen molar-refractivity contribution in [3.8, 4) is 5.88 Å². The standard InChI is InChI=1S/C13H17N5OS/c1-8-15-11(14-6-13-18-17-9(2)20-13)5-12(16-8)19-7-10-3-4-10/h5,10H,3-4,6-7H2,1-2H3,(H,14,15,16). The molecule has 1 saturated carbocycles. The van der Waals surface area contributed by atoms with Crippen molar-refractivity contribution < 1.29 is 4.74 Å². The minimum atomic E-state index is 0.615. The van der Waals surface area contributed by atoms with E-state index in [1.807, 2.05) is 19.9 Å². The Morgan fingerprint density at radius 1 is 1.30 bits per heavy atom. The highest BCUT2D eigenvalue weighted by atomic mass is 32.1. The summed E-state index contributed by atoms with van der Waals surface area (Å²) in [5.74, 6) is 2.82. The van der Waals surface area contributed by atoms with Crippen LogP contribution in [-0.2, 0) is 6.54 Å². The number of rotatable bonds is 6. The Morgan fingerprint density at radius 3 is 2.85 bits per heavy atom. The highest BCUT2D eigenvalue weighted by Crippen LogP contribution is 2.29. The largest absolute Gasteiger partial charge is 0.477 e. The summed E-state index contributed by atoms with van der Waals surface area (Å²) in [4.78, 5) is 8.65. The number of nitrogens with zero attached hydrogens (tertiary/aromatic N) is 4. The van der Waals surface area contributed by atoms with Crippen LogP contribution in [-0.4, -0.2) is 26.8 Å². The van der Waals surface area contributed by atoms with Crippen molar-refractivity contribution in [2.45, 2.75) is 33.2 Å². The van der Waals surface area contributed by atoms with Crippen LogP contribution in [0.1, 0.15) is 28.7 Å². The van der Waals surface area contributed by atoms with Gasteiger partial charge in [-0.05, 0) is 32.6 Å². The molecule has 2 aromatic heterocycles. The molecule has 0 bridgehead atoms. The molecule has 2 aromatic rings. The summed E-state index contributed by atoms with van der Waals surface area (Å²) in [6.45, 7) is 5.18. The van der Waals surface area contributed by atoms with E-state index in [9.17, 15) is 0 Å². The van der Waals surface area contributed by atoms with E-state index >= 15 is 0 Å². The fourth-order valence-electron chi connectivity index (χ4n) is 1.77. The molecule has 20 heavy (non-hydrogen) atoms. The van der Waals surface area contributed by atoms with Crippen molar-refractivity contribution in [2.75, 3.05) is 11.9 Å². The maximum absolute atomic E-state index is 5.69. The summed E-state index contributed by atoms with van der Waals surface area (Å²) in [6.07, 6.45) is 2.54. The second kappa shape index (κ2) is 5.70. The van der Waals surface area contributed by atoms with Crippen LogP contribution in [0.25, 0.3) is 0 Å². The van der Waals surface area contributed by atoms with E-state index in [0.29, 0.717) is 24.2 Å². The van der Waals surface area contributed by atoms with E-state index in [4.69, 9.17) is 4.74 Å². The van der Waals surface area contributed by atoms with Gasteiger partial charge in [0.25, 0.3) is 0 Å². The lowest BCUT2D eigenvalue weighted by molar-refractivity contribution is 0.287. The average Bonchev–Trinajstić information content (AvgIpc) is 3.15. The third-order valence-electron chi connectivity index (χ3n) is 2.97. The molecule has 1 fully saturated rings. The van der Waals surface area contributed by atoms with Gasteiger partial charge in [0.2, 0.25) is 5.88 Å². The van der Waals surface area contributed by atoms with Gasteiger partial charge in [-0.25, -0.2) is 4.98 Å². The monoisotopic (exact) mass is 291 g/mol. The molecule has 0 atom stereocenters. The van der Waals surface area contributed by atoms with Crippen molar-refractivity contribution in [1.82, 2.24) is 20.2 Å². The Hall–Kier alpha value is -1.76. The van der Waals surface area contributed by atoms with Crippen LogP contribution >= 0.6 is 11.3 Å². The van der Waals surface area contributed by atoms with Crippen LogP contribution in [0, 0.1) is 19.8 Å². The van der Waals surface area contributed by atoms with E-state index in [-0.39, 0.29) is 0 Å². The van der Waals surface area contributed by atoms with Crippen molar-refractivity contribution in [3.63, 3.8) is 0 Å². The number of anilines is 1. The molecule has 0 saturated heterocycles. The molecule has 0 amide bonds. The Morgan fingerprint density at radius 2 is 2.15 bits per heavy atom. The van der Waals surface area contributed by atoms with Crippen molar-refractivity contribution in [2.24, 2.45) is 5.92 Å². The molecule has 1 aliphatic rings. The number of hydrogen-bond acceptors (Lipinski definition) is 7. The number of nitrogens with one attached hydrogen (secondary N) is 1. The van der Waals surface area contributed by atoms with Crippen LogP contribution in [0.3, 0.4) is 0 Å². The molecule has 7 heteroatoms. The van der Waals surface area contributed by atoms with E-state index in [1.165, 1.54) is 12.8 Å². The highest BCUT2D eigenvalue weighted by Gasteiger charge is 2.22. The Balaban J connectivity index is 1.62. The maximum Gasteiger partial charge on any atom is 0.218 e. The predicted octanol–water partition coefficient (Wildman–Crippen LogP) is 2.35. The van der Waals surface area contributed by atoms with Gasteiger partial charge in [-0.3, -0.25) is 0 Å². The van der Waals surface area contributed by atoms with Crippen molar-refractivity contribution in [3.05, 3.63) is 21.9 Å². The lowest BCUT2D eigenvalue weighted by Gasteiger charge is -2.08. The van der Waals surface area contributed by atoms with E-state index in [0.717, 1.165) is 22.4 Å². The van der Waals surface area contributed by atoms with E-state index < -0.39 is 0 Å². The summed E-state index contributed by atoms with van der Waals surface area (Å²) in [6, 6.07) is 1.84. The summed E-state index contributed by atoms with van der Waals surface area (Å²) < 4.78 is 5.69. The van der Waals surface area contributed by atoms with E-state index in [1.54, 1.807) is 11.3 Å². The molecule has 106 valence electrons. The fraction of sp³-hybridized carbons (Fsp3) is 0.538. The Bertz CT molecular complexity index is 596. The fourth-order valence-corrected chi connectivity index (χ4v) is 2.42. The molecule has 3 rings (SSSR count). The van der Waals surface area contributed by atoms with Gasteiger partial charge in [0.05, 0.1) is 13.2 Å². The van der Waals surface area contributed by atoms with Gasteiger partial charge in [0.1, 0.15) is 21.7 Å². The Kier molecular flexibility index (Phi) is 3.77. The second-order valence-corrected chi connectivity index (χ2v) is 6.23. The molecule has 0 aliphatic heterocycles. The summed E-state index contributed by atoms with van der Waals surface area (Å²) in [5, 5.41) is 13.2. The van der Waals surface area contributed by atoms with Gasteiger partial charge >= 0.3 is 0 Å². The third-order valence-corrected chi connectivity index (χ3v) is 3.81. The van der Waals surface area contributed by atoms with Gasteiger partial charge < -0.3 is 10.1 Å². The quantitative estimate of drug-likeness (QED) is 0.880. The van der Waals surface area contributed by atoms with Crippen LogP contribution in [0.4, 0.5) is 5.82 Å². The summed E-state index contributed by atoms with van der Waals surface area (Å²) >= 11 is 1.58. The average molecular weight is 291 g/mol. The Labute approximate surface area is 121 Å². The zero-order chi connectivity index (χ0) is 13.9. The first-order valence-electron chi connectivity index (χ1n) is 6.70. The van der Waals surface area contributed by atoms with E-state index in [2.05, 4.69) is 25.5 Å². The zero-order valence-corrected chi connectivity index (χ0v) is 12.4. The molecular weight excluding hydrogens is 274 g/mol. The highest BCUT2D eigenvalue weighted by molar-refractivity contribution is 7.11. The second-order valence-electron chi connectivity index (χ2n) is 4.96. The molecule has 0 radical (unpaired) electrons. The molecule has 0 unspecified atom stereocenters. The topological polar surface area (TPSA) is 72.8 Å².